The van der Waals surface area contributed by atoms with Crippen LogP contribution in [0.5, 0.6) is 5.75 Å². The number of aliphatic hydroxyl groups excluding tert-OH is 1. The van der Waals surface area contributed by atoms with Crippen LogP contribution >= 0.6 is 11.3 Å². The Hall–Kier alpha value is -1.96. The zero-order valence-electron chi connectivity index (χ0n) is 13.8. The van der Waals surface area contributed by atoms with E-state index in [0.717, 1.165) is 29.2 Å². The van der Waals surface area contributed by atoms with Crippen LogP contribution in [0.1, 0.15) is 22.4 Å². The standard InChI is InChI=1S/C17H22N2O4S/c1-12-19-15(11-24-12)16(20)9-18-8-7-13-3-5-14(6-4-13)23-10-17(21)22-2/h3-6,11,16,18,20H,7-10H2,1-2H3. The normalized spacial score (nSPS) is 12.0. The van der Waals surface area contributed by atoms with Crippen LogP contribution in [-0.4, -0.2) is 42.9 Å². The summed E-state index contributed by atoms with van der Waals surface area (Å²) < 4.78 is 9.81. The summed E-state index contributed by atoms with van der Waals surface area (Å²) in [6.45, 7) is 3.06. The second kappa shape index (κ2) is 9.36. The van der Waals surface area contributed by atoms with Crippen LogP contribution in [0.25, 0.3) is 0 Å². The van der Waals surface area contributed by atoms with Gasteiger partial charge in [-0.3, -0.25) is 0 Å². The minimum Gasteiger partial charge on any atom is -0.482 e. The molecule has 2 N–H and O–H groups in total. The molecule has 1 heterocycles. The van der Waals surface area contributed by atoms with E-state index in [2.05, 4.69) is 15.0 Å². The van der Waals surface area contributed by atoms with E-state index in [0.29, 0.717) is 12.3 Å². The fraction of sp³-hybridized carbons (Fsp3) is 0.412. The number of aliphatic hydroxyl groups is 1. The molecule has 1 atom stereocenters. The van der Waals surface area contributed by atoms with E-state index in [4.69, 9.17) is 4.74 Å². The Morgan fingerprint density at radius 2 is 2.12 bits per heavy atom. The number of esters is 1. The van der Waals surface area contributed by atoms with E-state index < -0.39 is 12.1 Å². The van der Waals surface area contributed by atoms with Crippen molar-refractivity contribution in [3.63, 3.8) is 0 Å². The summed E-state index contributed by atoms with van der Waals surface area (Å²) in [4.78, 5) is 15.3. The lowest BCUT2D eigenvalue weighted by Crippen LogP contribution is -2.24. The lowest BCUT2D eigenvalue weighted by Gasteiger charge is -2.10. The van der Waals surface area contributed by atoms with Crippen molar-refractivity contribution >= 4 is 17.3 Å². The van der Waals surface area contributed by atoms with Gasteiger partial charge in [0.2, 0.25) is 0 Å². The van der Waals surface area contributed by atoms with Crippen LogP contribution in [0.4, 0.5) is 0 Å². The first-order chi connectivity index (χ1) is 11.6. The third kappa shape index (κ3) is 5.92. The predicted octanol–water partition coefficient (Wildman–Crippen LogP) is 1.87. The van der Waals surface area contributed by atoms with Crippen molar-refractivity contribution in [2.45, 2.75) is 19.4 Å². The van der Waals surface area contributed by atoms with Crippen LogP contribution in [0.15, 0.2) is 29.6 Å². The van der Waals surface area contributed by atoms with Gasteiger partial charge in [-0.15, -0.1) is 11.3 Å². The van der Waals surface area contributed by atoms with Crippen molar-refractivity contribution in [2.24, 2.45) is 0 Å². The van der Waals surface area contributed by atoms with Gasteiger partial charge in [-0.1, -0.05) is 12.1 Å². The van der Waals surface area contributed by atoms with Gasteiger partial charge in [0.15, 0.2) is 6.61 Å². The highest BCUT2D eigenvalue weighted by Gasteiger charge is 2.10. The summed E-state index contributed by atoms with van der Waals surface area (Å²) in [6.07, 6.45) is 0.254. The lowest BCUT2D eigenvalue weighted by molar-refractivity contribution is -0.142. The number of methoxy groups -OCH3 is 1. The summed E-state index contributed by atoms with van der Waals surface area (Å²) in [7, 11) is 1.33. The largest absolute Gasteiger partial charge is 0.482 e. The summed E-state index contributed by atoms with van der Waals surface area (Å²) in [5, 5.41) is 16.1. The van der Waals surface area contributed by atoms with Crippen LogP contribution in [0.2, 0.25) is 0 Å². The number of aromatic nitrogens is 1. The van der Waals surface area contributed by atoms with E-state index >= 15 is 0 Å². The molecule has 2 rings (SSSR count). The van der Waals surface area contributed by atoms with Gasteiger partial charge in [0.25, 0.3) is 0 Å². The summed E-state index contributed by atoms with van der Waals surface area (Å²) in [5.41, 5.74) is 1.86. The highest BCUT2D eigenvalue weighted by Crippen LogP contribution is 2.15. The molecule has 1 aromatic carbocycles. The van der Waals surface area contributed by atoms with Gasteiger partial charge < -0.3 is 19.9 Å². The fourth-order valence-corrected chi connectivity index (χ4v) is 2.72. The maximum atomic E-state index is 11.0. The Kier molecular flexibility index (Phi) is 7.17. The van der Waals surface area contributed by atoms with Crippen LogP contribution in [0.3, 0.4) is 0 Å². The second-order valence-electron chi connectivity index (χ2n) is 5.27. The van der Waals surface area contributed by atoms with E-state index in [1.54, 1.807) is 0 Å². The predicted molar refractivity (Wildman–Crippen MR) is 92.3 cm³/mol. The molecule has 0 aliphatic heterocycles. The second-order valence-corrected chi connectivity index (χ2v) is 6.33. The van der Waals surface area contributed by atoms with Gasteiger partial charge in [0.05, 0.1) is 17.8 Å². The Bertz CT molecular complexity index is 642. The number of carbonyl (C=O) groups is 1. The van der Waals surface area contributed by atoms with Crippen LogP contribution in [0, 0.1) is 6.92 Å². The molecule has 0 aliphatic rings. The number of benzene rings is 1. The SMILES string of the molecule is COC(=O)COc1ccc(CCNCC(O)c2csc(C)n2)cc1. The number of rotatable bonds is 9. The topological polar surface area (TPSA) is 80.7 Å². The third-order valence-electron chi connectivity index (χ3n) is 3.41. The summed E-state index contributed by atoms with van der Waals surface area (Å²) in [6, 6.07) is 7.55. The smallest absolute Gasteiger partial charge is 0.343 e. The zero-order chi connectivity index (χ0) is 17.4. The molecule has 0 spiro atoms. The molecular weight excluding hydrogens is 328 g/mol. The molecule has 24 heavy (non-hydrogen) atoms. The number of hydrogen-bond donors (Lipinski definition) is 2. The van der Waals surface area contributed by atoms with Gasteiger partial charge in [0, 0.05) is 11.9 Å². The summed E-state index contributed by atoms with van der Waals surface area (Å²) >= 11 is 1.54. The molecule has 130 valence electrons. The lowest BCUT2D eigenvalue weighted by atomic mass is 10.1. The Morgan fingerprint density at radius 3 is 2.75 bits per heavy atom. The van der Waals surface area contributed by atoms with Gasteiger partial charge in [-0.25, -0.2) is 9.78 Å². The molecule has 6 nitrogen and oxygen atoms in total. The molecule has 0 aliphatic carbocycles. The molecule has 1 aromatic heterocycles. The molecule has 0 saturated heterocycles. The van der Waals surface area contributed by atoms with Crippen molar-refractivity contribution in [3.8, 4) is 5.75 Å². The van der Waals surface area contributed by atoms with E-state index in [-0.39, 0.29) is 6.61 Å². The minimum atomic E-state index is -0.580. The number of ether oxygens (including phenoxy) is 2. The minimum absolute atomic E-state index is 0.0919. The van der Waals surface area contributed by atoms with Gasteiger partial charge in [-0.2, -0.15) is 0 Å². The number of nitrogens with one attached hydrogen (secondary N) is 1. The van der Waals surface area contributed by atoms with Gasteiger partial charge in [-0.05, 0) is 37.6 Å². The number of hydrogen-bond acceptors (Lipinski definition) is 7. The van der Waals surface area contributed by atoms with E-state index in [1.807, 2.05) is 36.6 Å². The van der Waals surface area contributed by atoms with Gasteiger partial charge >= 0.3 is 5.97 Å². The van der Waals surface area contributed by atoms with Crippen molar-refractivity contribution in [2.75, 3.05) is 26.8 Å². The Morgan fingerprint density at radius 1 is 1.38 bits per heavy atom. The first kappa shape index (κ1) is 18.4. The average molecular weight is 350 g/mol. The fourth-order valence-electron chi connectivity index (χ4n) is 2.06. The Balaban J connectivity index is 1.68. The quantitative estimate of drug-likeness (QED) is 0.531. The molecule has 0 amide bonds. The number of thiazole rings is 1. The first-order valence-corrected chi connectivity index (χ1v) is 8.56. The zero-order valence-corrected chi connectivity index (χ0v) is 14.6. The number of carbonyl (C=O) groups excluding carboxylic acids is 1. The number of nitrogens with zero attached hydrogens (tertiary/aromatic N) is 1. The maximum Gasteiger partial charge on any atom is 0.343 e. The van der Waals surface area contributed by atoms with Crippen LogP contribution in [-0.2, 0) is 16.0 Å². The molecule has 0 bridgehead atoms. The monoisotopic (exact) mass is 350 g/mol. The number of aryl methyl sites for hydroxylation is 1. The highest BCUT2D eigenvalue weighted by molar-refractivity contribution is 7.09. The highest BCUT2D eigenvalue weighted by atomic mass is 32.1. The molecule has 7 heteroatoms. The average Bonchev–Trinajstić information content (AvgIpc) is 3.04. The maximum absolute atomic E-state index is 11.0. The molecule has 2 aromatic rings. The third-order valence-corrected chi connectivity index (χ3v) is 4.21. The molecule has 0 radical (unpaired) electrons. The molecule has 0 fully saturated rings. The van der Waals surface area contributed by atoms with Crippen molar-refractivity contribution in [1.29, 1.82) is 0 Å². The first-order valence-electron chi connectivity index (χ1n) is 7.68. The van der Waals surface area contributed by atoms with E-state index in [9.17, 15) is 9.90 Å². The Labute approximate surface area is 145 Å². The summed E-state index contributed by atoms with van der Waals surface area (Å²) in [5.74, 6) is 0.226. The van der Waals surface area contributed by atoms with E-state index in [1.165, 1.54) is 18.4 Å². The molecule has 1 unspecified atom stereocenters. The van der Waals surface area contributed by atoms with Crippen LogP contribution < -0.4 is 10.1 Å². The molecule has 0 saturated carbocycles. The van der Waals surface area contributed by atoms with Crippen molar-refractivity contribution < 1.29 is 19.4 Å². The molecular formula is C17H22N2O4S. The van der Waals surface area contributed by atoms with Crippen molar-refractivity contribution in [1.82, 2.24) is 10.3 Å². The van der Waals surface area contributed by atoms with Gasteiger partial charge in [0.1, 0.15) is 11.9 Å². The van der Waals surface area contributed by atoms with Crippen molar-refractivity contribution in [3.05, 3.63) is 45.9 Å².